The van der Waals surface area contributed by atoms with E-state index in [-0.39, 0.29) is 5.71 Å². The maximum atomic E-state index is 11.2. The fraction of sp³-hybridized carbons (Fsp3) is 0.143. The Morgan fingerprint density at radius 1 is 1.46 bits per heavy atom. The number of hydrogen-bond acceptors (Lipinski definition) is 4. The number of aromatic nitrogens is 2. The lowest BCUT2D eigenvalue weighted by atomic mass is 10.2. The van der Waals surface area contributed by atoms with Gasteiger partial charge in [0.1, 0.15) is 0 Å². The minimum absolute atomic E-state index is 0.116. The molecule has 0 spiro atoms. The summed E-state index contributed by atoms with van der Waals surface area (Å²) < 4.78 is 0. The second-order valence-corrected chi connectivity index (χ2v) is 2.58. The van der Waals surface area contributed by atoms with Gasteiger partial charge in [-0.1, -0.05) is 0 Å². The predicted molar refractivity (Wildman–Crippen MR) is 42.9 cm³/mol. The molecule has 0 bridgehead atoms. The lowest BCUT2D eigenvalue weighted by Gasteiger charge is -1.97. The van der Waals surface area contributed by atoms with Crippen molar-refractivity contribution >= 4 is 17.4 Å². The maximum Gasteiger partial charge on any atom is 0.316 e. The predicted octanol–water partition coefficient (Wildman–Crippen LogP) is -0.845. The average Bonchev–Trinajstić information content (AvgIpc) is 2.70. The molecule has 1 amide bonds. The number of nitrogens with zero attached hydrogens (tertiary/aromatic N) is 3. The highest BCUT2D eigenvalue weighted by Gasteiger charge is 2.32. The summed E-state index contributed by atoms with van der Waals surface area (Å²) in [7, 11) is 1.43. The Morgan fingerprint density at radius 2 is 2.23 bits per heavy atom. The summed E-state index contributed by atoms with van der Waals surface area (Å²) in [5.74, 6) is -1.23. The Hall–Kier alpha value is -1.98. The van der Waals surface area contributed by atoms with E-state index in [1.807, 2.05) is 0 Å². The fourth-order valence-corrected chi connectivity index (χ4v) is 1.05. The number of hydrazone groups is 1. The van der Waals surface area contributed by atoms with Crippen LogP contribution in [-0.2, 0) is 9.59 Å². The number of H-pyrrole nitrogens is 1. The molecule has 6 nitrogen and oxygen atoms in total. The van der Waals surface area contributed by atoms with E-state index >= 15 is 0 Å². The molecule has 2 rings (SSSR count). The first-order valence-electron chi connectivity index (χ1n) is 3.61. The van der Waals surface area contributed by atoms with Gasteiger partial charge in [0.2, 0.25) is 0 Å². The van der Waals surface area contributed by atoms with E-state index in [0.717, 1.165) is 5.01 Å². The monoisotopic (exact) mass is 178 g/mol. The van der Waals surface area contributed by atoms with Gasteiger partial charge in [-0.3, -0.25) is 14.7 Å². The van der Waals surface area contributed by atoms with Crippen LogP contribution < -0.4 is 0 Å². The Labute approximate surface area is 73.2 Å². The topological polar surface area (TPSA) is 78.4 Å². The number of likely N-dealkylation sites (N-methyl/N-ethyl adjacent to an activating group) is 1. The SMILES string of the molecule is CN1N=C(c2ccn[nH]2)C(=O)C1=O. The van der Waals surface area contributed by atoms with E-state index in [9.17, 15) is 9.59 Å². The van der Waals surface area contributed by atoms with Gasteiger partial charge in [0.25, 0.3) is 5.78 Å². The molecule has 1 aliphatic heterocycles. The number of carbonyl (C=O) groups excluding carboxylic acids is 2. The molecule has 0 saturated carbocycles. The quantitative estimate of drug-likeness (QED) is 0.569. The van der Waals surface area contributed by atoms with Crippen molar-refractivity contribution in [3.63, 3.8) is 0 Å². The lowest BCUT2D eigenvalue weighted by Crippen LogP contribution is -2.24. The lowest BCUT2D eigenvalue weighted by molar-refractivity contribution is -0.138. The molecule has 13 heavy (non-hydrogen) atoms. The van der Waals surface area contributed by atoms with Crippen molar-refractivity contribution in [3.8, 4) is 0 Å². The highest BCUT2D eigenvalue weighted by atomic mass is 16.2. The Balaban J connectivity index is 2.42. The zero-order valence-corrected chi connectivity index (χ0v) is 6.81. The largest absolute Gasteiger partial charge is 0.316 e. The molecule has 1 N–H and O–H groups in total. The van der Waals surface area contributed by atoms with Crippen molar-refractivity contribution in [3.05, 3.63) is 18.0 Å². The Kier molecular flexibility index (Phi) is 1.48. The number of carbonyl (C=O) groups is 2. The van der Waals surface area contributed by atoms with Crippen molar-refractivity contribution in [2.75, 3.05) is 7.05 Å². The first-order chi connectivity index (χ1) is 6.20. The average molecular weight is 178 g/mol. The second kappa shape index (κ2) is 2.51. The number of ketones is 1. The van der Waals surface area contributed by atoms with Crippen molar-refractivity contribution < 1.29 is 9.59 Å². The van der Waals surface area contributed by atoms with Gasteiger partial charge < -0.3 is 0 Å². The van der Waals surface area contributed by atoms with E-state index < -0.39 is 11.7 Å². The second-order valence-electron chi connectivity index (χ2n) is 2.58. The molecule has 0 atom stereocenters. The van der Waals surface area contributed by atoms with Crippen molar-refractivity contribution in [2.45, 2.75) is 0 Å². The van der Waals surface area contributed by atoms with Crippen molar-refractivity contribution in [1.29, 1.82) is 0 Å². The fourth-order valence-electron chi connectivity index (χ4n) is 1.05. The molecule has 1 aliphatic rings. The summed E-state index contributed by atoms with van der Waals surface area (Å²) in [5.41, 5.74) is 0.577. The Bertz CT molecular complexity index is 393. The van der Waals surface area contributed by atoms with Crippen molar-refractivity contribution in [1.82, 2.24) is 15.2 Å². The molecule has 0 radical (unpaired) electrons. The van der Waals surface area contributed by atoms with Crippen LogP contribution in [0, 0.1) is 0 Å². The van der Waals surface area contributed by atoms with Crippen LogP contribution in [0.4, 0.5) is 0 Å². The van der Waals surface area contributed by atoms with Crippen LogP contribution in [0.2, 0.25) is 0 Å². The van der Waals surface area contributed by atoms with E-state index in [1.165, 1.54) is 13.2 Å². The van der Waals surface area contributed by atoms with Gasteiger partial charge in [-0.15, -0.1) is 0 Å². The highest BCUT2D eigenvalue weighted by molar-refractivity contribution is 6.69. The molecule has 0 aromatic carbocycles. The van der Waals surface area contributed by atoms with Gasteiger partial charge in [0, 0.05) is 13.2 Å². The third-order valence-corrected chi connectivity index (χ3v) is 1.71. The van der Waals surface area contributed by atoms with Crippen LogP contribution in [0.1, 0.15) is 5.69 Å². The molecular formula is C7H6N4O2. The van der Waals surface area contributed by atoms with Crippen LogP contribution in [0.25, 0.3) is 0 Å². The van der Waals surface area contributed by atoms with Gasteiger partial charge in [0.05, 0.1) is 5.69 Å². The van der Waals surface area contributed by atoms with Gasteiger partial charge in [0.15, 0.2) is 5.71 Å². The number of nitrogens with one attached hydrogen (secondary N) is 1. The summed E-state index contributed by atoms with van der Waals surface area (Å²) in [6.45, 7) is 0. The minimum Gasteiger partial charge on any atom is -0.281 e. The Morgan fingerprint density at radius 3 is 2.69 bits per heavy atom. The van der Waals surface area contributed by atoms with Crippen LogP contribution >= 0.6 is 0 Å². The van der Waals surface area contributed by atoms with Crippen LogP contribution in [0.3, 0.4) is 0 Å². The smallest absolute Gasteiger partial charge is 0.281 e. The molecule has 0 saturated heterocycles. The van der Waals surface area contributed by atoms with Crippen LogP contribution in [0.15, 0.2) is 17.4 Å². The summed E-state index contributed by atoms with van der Waals surface area (Å²) in [6, 6.07) is 1.59. The summed E-state index contributed by atoms with van der Waals surface area (Å²) >= 11 is 0. The molecule has 6 heteroatoms. The molecular weight excluding hydrogens is 172 g/mol. The highest BCUT2D eigenvalue weighted by Crippen LogP contribution is 2.07. The number of rotatable bonds is 1. The third-order valence-electron chi connectivity index (χ3n) is 1.71. The zero-order valence-electron chi connectivity index (χ0n) is 6.81. The van der Waals surface area contributed by atoms with E-state index in [4.69, 9.17) is 0 Å². The normalized spacial score (nSPS) is 16.7. The van der Waals surface area contributed by atoms with E-state index in [1.54, 1.807) is 6.07 Å². The van der Waals surface area contributed by atoms with Crippen molar-refractivity contribution in [2.24, 2.45) is 5.10 Å². The van der Waals surface area contributed by atoms with Gasteiger partial charge in [-0.25, -0.2) is 5.01 Å². The molecule has 0 unspecified atom stereocenters. The summed E-state index contributed by atoms with van der Waals surface area (Å²) in [5, 5.41) is 11.0. The molecule has 1 aromatic heterocycles. The number of Topliss-reactive ketones (excluding diaryl/α,β-unsaturated/α-hetero) is 1. The number of hydrogen-bond donors (Lipinski definition) is 1. The summed E-state index contributed by atoms with van der Waals surface area (Å²) in [6.07, 6.45) is 1.49. The minimum atomic E-state index is -0.621. The molecule has 0 aliphatic carbocycles. The molecule has 2 heterocycles. The van der Waals surface area contributed by atoms with Gasteiger partial charge in [-0.05, 0) is 6.07 Å². The van der Waals surface area contributed by atoms with Crippen LogP contribution in [0.5, 0.6) is 0 Å². The first-order valence-corrected chi connectivity index (χ1v) is 3.61. The zero-order chi connectivity index (χ0) is 9.42. The van der Waals surface area contributed by atoms with E-state index in [0.29, 0.717) is 5.69 Å². The molecule has 1 aromatic rings. The number of aromatic amines is 1. The van der Waals surface area contributed by atoms with E-state index in [2.05, 4.69) is 15.3 Å². The number of amides is 1. The molecule has 0 fully saturated rings. The van der Waals surface area contributed by atoms with Gasteiger partial charge >= 0.3 is 5.91 Å². The first kappa shape index (κ1) is 7.66. The molecule has 66 valence electrons. The standard InChI is InChI=1S/C7H6N4O2/c1-11-7(13)6(12)5(10-11)4-2-3-8-9-4/h2-3H,1H3,(H,8,9). The maximum absolute atomic E-state index is 11.2. The summed E-state index contributed by atoms with van der Waals surface area (Å²) in [4.78, 5) is 22.3. The van der Waals surface area contributed by atoms with Gasteiger partial charge in [-0.2, -0.15) is 10.2 Å². The third kappa shape index (κ3) is 1.03. The van der Waals surface area contributed by atoms with Crippen LogP contribution in [-0.4, -0.2) is 39.7 Å².